The second-order valence-electron chi connectivity index (χ2n) is 4.48. The monoisotopic (exact) mass is 222 g/mol. The van der Waals surface area contributed by atoms with Gasteiger partial charge in [-0.25, -0.2) is 4.98 Å². The average Bonchev–Trinajstić information content (AvgIpc) is 2.61. The van der Waals surface area contributed by atoms with E-state index in [4.69, 9.17) is 0 Å². The first-order valence-corrected chi connectivity index (χ1v) is 5.79. The molecule has 0 bridgehead atoms. The lowest BCUT2D eigenvalue weighted by Gasteiger charge is -2.10. The highest BCUT2D eigenvalue weighted by molar-refractivity contribution is 4.93. The lowest BCUT2D eigenvalue weighted by molar-refractivity contribution is 0.506. The molecule has 0 amide bonds. The largest absolute Gasteiger partial charge is 0.307 e. The van der Waals surface area contributed by atoms with E-state index >= 15 is 0 Å². The third-order valence-electron chi connectivity index (χ3n) is 2.41. The molecule has 0 saturated heterocycles. The number of nitrogens with one attached hydrogen (secondary N) is 1. The van der Waals surface area contributed by atoms with Gasteiger partial charge in [0.25, 0.3) is 0 Å². The number of hydrogen-bond acceptors (Lipinski definition) is 3. The highest BCUT2D eigenvalue weighted by Gasteiger charge is 2.02. The third-order valence-corrected chi connectivity index (χ3v) is 2.41. The van der Waals surface area contributed by atoms with E-state index in [1.807, 2.05) is 7.05 Å². The number of hydrogen-bond donors (Lipinski definition) is 1. The van der Waals surface area contributed by atoms with Gasteiger partial charge < -0.3 is 5.32 Å². The summed E-state index contributed by atoms with van der Waals surface area (Å²) in [7, 11) is 1.88. The van der Waals surface area contributed by atoms with Crippen molar-refractivity contribution in [3.8, 4) is 0 Å². The van der Waals surface area contributed by atoms with Crippen LogP contribution in [0.5, 0.6) is 0 Å². The van der Waals surface area contributed by atoms with Crippen LogP contribution in [0.2, 0.25) is 0 Å². The fraction of sp³-hybridized carbons (Fsp3) is 0.667. The van der Waals surface area contributed by atoms with Crippen LogP contribution in [0.3, 0.4) is 0 Å². The number of aryl methyl sites for hydroxylation is 1. The second-order valence-corrected chi connectivity index (χ2v) is 4.48. The summed E-state index contributed by atoms with van der Waals surface area (Å²) in [6.07, 6.45) is 6.28. The van der Waals surface area contributed by atoms with Crippen molar-refractivity contribution in [2.24, 2.45) is 7.05 Å². The van der Waals surface area contributed by atoms with Gasteiger partial charge in [-0.05, 0) is 33.6 Å². The Bertz CT molecular complexity index is 337. The Kier molecular flexibility index (Phi) is 5.19. The minimum Gasteiger partial charge on any atom is -0.307 e. The molecule has 0 aliphatic heterocycles. The standard InChI is InChI=1S/C12H22N4/c1-10(2)6-5-7-11(3)13-8-12-14-9-16(4)15-12/h6,9,11,13H,5,7-8H2,1-4H3. The SMILES string of the molecule is CC(C)=CCCC(C)NCc1ncn(C)n1. The van der Waals surface area contributed by atoms with Gasteiger partial charge >= 0.3 is 0 Å². The summed E-state index contributed by atoms with van der Waals surface area (Å²) in [5.41, 5.74) is 1.39. The fourth-order valence-electron chi connectivity index (χ4n) is 1.45. The second kappa shape index (κ2) is 6.43. The summed E-state index contributed by atoms with van der Waals surface area (Å²) in [6.45, 7) is 7.21. The summed E-state index contributed by atoms with van der Waals surface area (Å²) in [4.78, 5) is 4.17. The van der Waals surface area contributed by atoms with Gasteiger partial charge in [0.2, 0.25) is 0 Å². The van der Waals surface area contributed by atoms with Crippen LogP contribution in [0.15, 0.2) is 18.0 Å². The number of aromatic nitrogens is 3. The molecule has 1 atom stereocenters. The zero-order chi connectivity index (χ0) is 12.0. The first kappa shape index (κ1) is 12.9. The molecule has 0 aliphatic carbocycles. The molecule has 90 valence electrons. The van der Waals surface area contributed by atoms with Crippen LogP contribution >= 0.6 is 0 Å². The third kappa shape index (κ3) is 5.07. The number of nitrogens with zero attached hydrogens (tertiary/aromatic N) is 3. The molecule has 0 spiro atoms. The van der Waals surface area contributed by atoms with Gasteiger partial charge in [-0.3, -0.25) is 4.68 Å². The van der Waals surface area contributed by atoms with E-state index in [1.54, 1.807) is 11.0 Å². The van der Waals surface area contributed by atoms with Gasteiger partial charge in [0.05, 0.1) is 6.54 Å². The van der Waals surface area contributed by atoms with Crippen molar-refractivity contribution in [3.05, 3.63) is 23.8 Å². The number of rotatable bonds is 6. The predicted molar refractivity (Wildman–Crippen MR) is 66.0 cm³/mol. The maximum atomic E-state index is 4.22. The van der Waals surface area contributed by atoms with Gasteiger partial charge in [-0.1, -0.05) is 11.6 Å². The molecule has 4 nitrogen and oxygen atoms in total. The summed E-state index contributed by atoms with van der Waals surface area (Å²) < 4.78 is 1.73. The first-order chi connectivity index (χ1) is 7.58. The van der Waals surface area contributed by atoms with E-state index in [0.29, 0.717) is 6.04 Å². The van der Waals surface area contributed by atoms with E-state index in [2.05, 4.69) is 42.2 Å². The normalized spacial score (nSPS) is 12.5. The zero-order valence-corrected chi connectivity index (χ0v) is 10.7. The highest BCUT2D eigenvalue weighted by atomic mass is 15.3. The summed E-state index contributed by atoms with van der Waals surface area (Å²) in [6, 6.07) is 0.499. The minimum absolute atomic E-state index is 0.499. The van der Waals surface area contributed by atoms with Crippen LogP contribution in [0.25, 0.3) is 0 Å². The van der Waals surface area contributed by atoms with Crippen LogP contribution in [0, 0.1) is 0 Å². The minimum atomic E-state index is 0.499. The van der Waals surface area contributed by atoms with Crippen LogP contribution in [-0.2, 0) is 13.6 Å². The van der Waals surface area contributed by atoms with Crippen molar-refractivity contribution in [2.45, 2.75) is 46.2 Å². The van der Waals surface area contributed by atoms with Crippen molar-refractivity contribution >= 4 is 0 Å². The summed E-state index contributed by atoms with van der Waals surface area (Å²) >= 11 is 0. The topological polar surface area (TPSA) is 42.7 Å². The Morgan fingerprint density at radius 3 is 2.88 bits per heavy atom. The molecule has 1 aromatic rings. The van der Waals surface area contributed by atoms with Crippen molar-refractivity contribution in [1.82, 2.24) is 20.1 Å². The quantitative estimate of drug-likeness (QED) is 0.749. The van der Waals surface area contributed by atoms with Crippen molar-refractivity contribution in [1.29, 1.82) is 0 Å². The Labute approximate surface area is 97.8 Å². The Morgan fingerprint density at radius 1 is 1.56 bits per heavy atom. The molecule has 0 aliphatic rings. The Balaban J connectivity index is 2.20. The van der Waals surface area contributed by atoms with E-state index in [9.17, 15) is 0 Å². The molecular weight excluding hydrogens is 200 g/mol. The Hall–Kier alpha value is -1.16. The number of allylic oxidation sites excluding steroid dienone is 2. The van der Waals surface area contributed by atoms with Gasteiger partial charge in [-0.2, -0.15) is 5.10 Å². The highest BCUT2D eigenvalue weighted by Crippen LogP contribution is 2.01. The van der Waals surface area contributed by atoms with Gasteiger partial charge in [0, 0.05) is 13.1 Å². The van der Waals surface area contributed by atoms with Gasteiger partial charge in [-0.15, -0.1) is 0 Å². The first-order valence-electron chi connectivity index (χ1n) is 5.79. The fourth-order valence-corrected chi connectivity index (χ4v) is 1.45. The molecule has 16 heavy (non-hydrogen) atoms. The molecular formula is C12H22N4. The smallest absolute Gasteiger partial charge is 0.164 e. The van der Waals surface area contributed by atoms with E-state index in [-0.39, 0.29) is 0 Å². The van der Waals surface area contributed by atoms with E-state index in [0.717, 1.165) is 25.2 Å². The molecule has 0 aromatic carbocycles. The maximum Gasteiger partial charge on any atom is 0.164 e. The van der Waals surface area contributed by atoms with Crippen molar-refractivity contribution in [3.63, 3.8) is 0 Å². The lowest BCUT2D eigenvalue weighted by Crippen LogP contribution is -2.25. The Morgan fingerprint density at radius 2 is 2.31 bits per heavy atom. The van der Waals surface area contributed by atoms with E-state index < -0.39 is 0 Å². The van der Waals surface area contributed by atoms with Crippen LogP contribution in [0.1, 0.15) is 39.4 Å². The summed E-state index contributed by atoms with van der Waals surface area (Å²) in [5.74, 6) is 0.858. The van der Waals surface area contributed by atoms with Crippen LogP contribution in [-0.4, -0.2) is 20.8 Å². The molecule has 1 aromatic heterocycles. The van der Waals surface area contributed by atoms with Gasteiger partial charge in [0.15, 0.2) is 5.82 Å². The molecule has 1 rings (SSSR count). The molecule has 0 saturated carbocycles. The van der Waals surface area contributed by atoms with Crippen LogP contribution in [0.4, 0.5) is 0 Å². The molecule has 1 N–H and O–H groups in total. The van der Waals surface area contributed by atoms with E-state index in [1.165, 1.54) is 5.57 Å². The molecule has 0 radical (unpaired) electrons. The molecule has 4 heteroatoms. The predicted octanol–water partition coefficient (Wildman–Crippen LogP) is 2.04. The zero-order valence-electron chi connectivity index (χ0n) is 10.7. The van der Waals surface area contributed by atoms with Crippen molar-refractivity contribution < 1.29 is 0 Å². The maximum absolute atomic E-state index is 4.22. The molecule has 0 fully saturated rings. The van der Waals surface area contributed by atoms with Crippen molar-refractivity contribution in [2.75, 3.05) is 0 Å². The summed E-state index contributed by atoms with van der Waals surface area (Å²) in [5, 5.41) is 7.64. The van der Waals surface area contributed by atoms with Crippen LogP contribution < -0.4 is 5.32 Å². The average molecular weight is 222 g/mol. The molecule has 1 heterocycles. The lowest BCUT2D eigenvalue weighted by atomic mass is 10.1. The van der Waals surface area contributed by atoms with Gasteiger partial charge in [0.1, 0.15) is 6.33 Å². The molecule has 1 unspecified atom stereocenters.